The van der Waals surface area contributed by atoms with E-state index in [0.717, 1.165) is 83.5 Å². The Kier molecular flexibility index (Phi) is 67.2. The number of allylic oxidation sites excluding steroid dienone is 18. The van der Waals surface area contributed by atoms with Crippen molar-refractivity contribution in [3.63, 3.8) is 0 Å². The van der Waals surface area contributed by atoms with Gasteiger partial charge in [-0.25, -0.2) is 0 Å². The molecule has 0 aromatic heterocycles. The van der Waals surface area contributed by atoms with Crippen LogP contribution < -0.4 is 0 Å². The summed E-state index contributed by atoms with van der Waals surface area (Å²) < 4.78 is 16.9. The summed E-state index contributed by atoms with van der Waals surface area (Å²) in [5, 5.41) is 0. The van der Waals surface area contributed by atoms with Crippen LogP contribution in [0.2, 0.25) is 0 Å². The summed E-state index contributed by atoms with van der Waals surface area (Å²) in [4.78, 5) is 38.5. The van der Waals surface area contributed by atoms with Gasteiger partial charge in [-0.1, -0.05) is 316 Å². The zero-order chi connectivity index (χ0) is 59.9. The van der Waals surface area contributed by atoms with Crippen LogP contribution in [0.4, 0.5) is 0 Å². The fraction of sp³-hybridized carbons (Fsp3) is 0.727. The van der Waals surface area contributed by atoms with Crippen molar-refractivity contribution in [3.05, 3.63) is 109 Å². The van der Waals surface area contributed by atoms with Gasteiger partial charge in [0.05, 0.1) is 0 Å². The molecule has 0 aliphatic heterocycles. The van der Waals surface area contributed by atoms with Crippen LogP contribution in [0.1, 0.15) is 342 Å². The number of hydrogen-bond donors (Lipinski definition) is 0. The summed E-state index contributed by atoms with van der Waals surface area (Å²) in [5.41, 5.74) is 0. The normalized spacial score (nSPS) is 12.8. The maximum atomic E-state index is 13.0. The molecule has 476 valence electrons. The van der Waals surface area contributed by atoms with Crippen LogP contribution in [0.25, 0.3) is 0 Å². The Balaban J connectivity index is 4.43. The van der Waals surface area contributed by atoms with Crippen LogP contribution in [0, 0.1) is 0 Å². The Morgan fingerprint density at radius 1 is 0.253 bits per heavy atom. The van der Waals surface area contributed by atoms with E-state index in [2.05, 4.69) is 124 Å². The summed E-state index contributed by atoms with van der Waals surface area (Å²) in [6, 6.07) is 0. The number of carbonyl (C=O) groups is 3. The molecule has 0 fully saturated rings. The van der Waals surface area contributed by atoms with E-state index in [-0.39, 0.29) is 37.5 Å². The quantitative estimate of drug-likeness (QED) is 0.0261. The Morgan fingerprint density at radius 3 is 0.819 bits per heavy atom. The molecule has 1 unspecified atom stereocenters. The van der Waals surface area contributed by atoms with Gasteiger partial charge in [0.1, 0.15) is 13.2 Å². The molecule has 6 nitrogen and oxygen atoms in total. The van der Waals surface area contributed by atoms with Gasteiger partial charge in [0, 0.05) is 19.3 Å². The fourth-order valence-electron chi connectivity index (χ4n) is 9.97. The second-order valence-electron chi connectivity index (χ2n) is 23.4. The predicted octanol–water partition coefficient (Wildman–Crippen LogP) is 24.6. The molecule has 0 aromatic carbocycles. The monoisotopic (exact) mass is 1150 g/mol. The molecule has 0 N–H and O–H groups in total. The Labute approximate surface area is 514 Å². The first-order valence-corrected chi connectivity index (χ1v) is 35.4. The van der Waals surface area contributed by atoms with E-state index in [1.54, 1.807) is 0 Å². The topological polar surface area (TPSA) is 78.9 Å². The average molecular weight is 1150 g/mol. The molecular weight excluding hydrogens is 1020 g/mol. The van der Waals surface area contributed by atoms with Crippen LogP contribution in [0.15, 0.2) is 109 Å². The Morgan fingerprint density at radius 2 is 0.494 bits per heavy atom. The molecule has 83 heavy (non-hydrogen) atoms. The molecule has 0 radical (unpaired) electrons. The lowest BCUT2D eigenvalue weighted by Crippen LogP contribution is -2.30. The lowest BCUT2D eigenvalue weighted by atomic mass is 10.0. The molecule has 1 atom stereocenters. The molecule has 0 saturated heterocycles. The Bertz CT molecular complexity index is 1660. The fourth-order valence-corrected chi connectivity index (χ4v) is 9.97. The zero-order valence-electron chi connectivity index (χ0n) is 54.7. The van der Waals surface area contributed by atoms with Crippen molar-refractivity contribution >= 4 is 17.9 Å². The van der Waals surface area contributed by atoms with E-state index in [0.29, 0.717) is 19.3 Å². The maximum absolute atomic E-state index is 13.0. The van der Waals surface area contributed by atoms with Crippen molar-refractivity contribution in [1.29, 1.82) is 0 Å². The van der Waals surface area contributed by atoms with Gasteiger partial charge in [0.15, 0.2) is 6.10 Å². The minimum atomic E-state index is -0.814. The number of carbonyl (C=O) groups excluding carboxylic acids is 3. The highest BCUT2D eigenvalue weighted by atomic mass is 16.6. The van der Waals surface area contributed by atoms with Gasteiger partial charge in [0.2, 0.25) is 0 Å². The largest absolute Gasteiger partial charge is 0.462 e. The summed E-state index contributed by atoms with van der Waals surface area (Å²) >= 11 is 0. The molecule has 0 spiro atoms. The van der Waals surface area contributed by atoms with Crippen molar-refractivity contribution in [2.75, 3.05) is 13.2 Å². The molecule has 0 amide bonds. The molecule has 0 bridgehead atoms. The highest BCUT2D eigenvalue weighted by Gasteiger charge is 2.19. The zero-order valence-corrected chi connectivity index (χ0v) is 54.7. The van der Waals surface area contributed by atoms with Crippen LogP contribution in [-0.4, -0.2) is 37.2 Å². The van der Waals surface area contributed by atoms with E-state index in [4.69, 9.17) is 14.2 Å². The second kappa shape index (κ2) is 70.6. The van der Waals surface area contributed by atoms with Crippen molar-refractivity contribution in [1.82, 2.24) is 0 Å². The Hall–Kier alpha value is -3.93. The average Bonchev–Trinajstić information content (AvgIpc) is 3.49. The van der Waals surface area contributed by atoms with E-state index in [1.165, 1.54) is 212 Å². The standard InChI is InChI=1S/C77H132O6/c1-4-7-10-13-16-19-22-25-28-31-34-36-37-38-39-41-43-46-49-52-55-58-61-64-67-70-76(79)82-73-74(72-81-75(78)69-66-63-60-57-54-51-48-45-42-33-30-27-24-21-18-15-12-9-6-3)83-77(80)71-68-65-62-59-56-53-50-47-44-40-35-32-29-26-23-20-17-14-11-8-5-2/h9,12,18,21-22,25,27,30-32,34-35,42,45,51,54,60,63,74H,4-8,10-11,13-17,19-20,23-24,26,28-29,33,36-41,43-44,46-50,52-53,55-59,61-62,64-73H2,1-3H3/b12-9-,21-18-,25-22-,30-27-,34-31-,35-32-,45-42-,54-51-,63-60-. The van der Waals surface area contributed by atoms with Crippen LogP contribution in [0.3, 0.4) is 0 Å². The molecule has 0 heterocycles. The first-order valence-electron chi connectivity index (χ1n) is 35.4. The first kappa shape index (κ1) is 79.1. The maximum Gasteiger partial charge on any atom is 0.306 e. The van der Waals surface area contributed by atoms with E-state index >= 15 is 0 Å². The van der Waals surface area contributed by atoms with Gasteiger partial charge in [-0.2, -0.15) is 0 Å². The molecule has 0 saturated carbocycles. The van der Waals surface area contributed by atoms with Crippen LogP contribution >= 0.6 is 0 Å². The molecule has 0 aliphatic rings. The highest BCUT2D eigenvalue weighted by molar-refractivity contribution is 5.71. The number of esters is 3. The summed E-state index contributed by atoms with van der Waals surface area (Å²) in [7, 11) is 0. The van der Waals surface area contributed by atoms with Crippen molar-refractivity contribution in [2.45, 2.75) is 348 Å². The van der Waals surface area contributed by atoms with E-state index < -0.39 is 6.10 Å². The van der Waals surface area contributed by atoms with Crippen molar-refractivity contribution in [3.8, 4) is 0 Å². The molecule has 0 aromatic rings. The molecule has 0 rings (SSSR count). The van der Waals surface area contributed by atoms with Gasteiger partial charge in [-0.15, -0.1) is 0 Å². The summed E-state index contributed by atoms with van der Waals surface area (Å²) in [6.45, 7) is 6.49. The third-order valence-electron chi connectivity index (χ3n) is 15.2. The van der Waals surface area contributed by atoms with Gasteiger partial charge >= 0.3 is 17.9 Å². The smallest absolute Gasteiger partial charge is 0.306 e. The highest BCUT2D eigenvalue weighted by Crippen LogP contribution is 2.17. The van der Waals surface area contributed by atoms with E-state index in [9.17, 15) is 14.4 Å². The van der Waals surface area contributed by atoms with E-state index in [1.807, 2.05) is 6.08 Å². The SMILES string of the molecule is CC/C=C\C/C=C\C/C=C\C/C=C\C/C=C\C/C=C\CCC(=O)OCC(COC(=O)CCCCCCCCCCCCCCC/C=C\C/C=C\CCCCCCC)OC(=O)CCCCCCCCCCC/C=C\CCCCCCCCCC. The summed E-state index contributed by atoms with van der Waals surface area (Å²) in [6.07, 6.45) is 96.9. The van der Waals surface area contributed by atoms with Gasteiger partial charge < -0.3 is 14.2 Å². The van der Waals surface area contributed by atoms with Crippen molar-refractivity contribution in [2.24, 2.45) is 0 Å². The minimum Gasteiger partial charge on any atom is -0.462 e. The van der Waals surface area contributed by atoms with Crippen LogP contribution in [0.5, 0.6) is 0 Å². The number of ether oxygens (including phenoxy) is 3. The number of unbranched alkanes of at least 4 members (excludes halogenated alkanes) is 35. The van der Waals surface area contributed by atoms with Gasteiger partial charge in [0.25, 0.3) is 0 Å². The molecular formula is C77H132O6. The lowest BCUT2D eigenvalue weighted by molar-refractivity contribution is -0.166. The van der Waals surface area contributed by atoms with Gasteiger partial charge in [-0.05, 0) is 116 Å². The second-order valence-corrected chi connectivity index (χ2v) is 23.4. The third kappa shape index (κ3) is 68.7. The summed E-state index contributed by atoms with van der Waals surface area (Å²) in [5.74, 6) is -0.979. The van der Waals surface area contributed by atoms with Crippen LogP contribution in [-0.2, 0) is 28.6 Å². The van der Waals surface area contributed by atoms with Crippen molar-refractivity contribution < 1.29 is 28.6 Å². The van der Waals surface area contributed by atoms with Gasteiger partial charge in [-0.3, -0.25) is 14.4 Å². The predicted molar refractivity (Wildman–Crippen MR) is 362 cm³/mol. The molecule has 6 heteroatoms. The number of rotatable bonds is 64. The lowest BCUT2D eigenvalue weighted by Gasteiger charge is -2.18. The minimum absolute atomic E-state index is 0.102. The first-order chi connectivity index (χ1) is 41.0. The molecule has 0 aliphatic carbocycles. The third-order valence-corrected chi connectivity index (χ3v) is 15.2. The number of hydrogen-bond acceptors (Lipinski definition) is 6.